The molecule has 1 unspecified atom stereocenters. The van der Waals surface area contributed by atoms with Gasteiger partial charge in [0.1, 0.15) is 11.9 Å². The quantitative estimate of drug-likeness (QED) is 0.316. The number of hydrogen-bond donors (Lipinski definition) is 0. The summed E-state index contributed by atoms with van der Waals surface area (Å²) in [6.45, 7) is 8.59. The number of methoxy groups -OCH3 is 1. The zero-order valence-corrected chi connectivity index (χ0v) is 20.2. The molecule has 0 spiro atoms. The van der Waals surface area contributed by atoms with Gasteiger partial charge in [0.15, 0.2) is 0 Å². The second kappa shape index (κ2) is 11.3. The lowest BCUT2D eigenvalue weighted by Gasteiger charge is -2.38. The largest absolute Gasteiger partial charge is 0.497 e. The molecule has 1 fully saturated rings. The van der Waals surface area contributed by atoms with E-state index in [1.165, 1.54) is 12.5 Å². The molecule has 0 saturated carbocycles. The second-order valence-corrected chi connectivity index (χ2v) is 9.19. The Morgan fingerprint density at radius 2 is 2.06 bits per heavy atom. The first kappa shape index (κ1) is 24.0. The normalized spacial score (nSPS) is 19.5. The highest BCUT2D eigenvalue weighted by Crippen LogP contribution is 2.32. The van der Waals surface area contributed by atoms with Crippen LogP contribution in [0.2, 0.25) is 0 Å². The van der Waals surface area contributed by atoms with Crippen LogP contribution in [0.25, 0.3) is 10.9 Å². The average Bonchev–Trinajstić information content (AvgIpc) is 2.85. The molecule has 5 heteroatoms. The standard InChI is InChI=1S/C29H34N2O3/c1-4-23-20-31(19-22-8-6-5-7-9-22)15-13-24(23)16-27(34-21(2)32)17-25-12-14-30-29-11-10-26(33-3)18-28(25)29/h4-12,14,18,23-24,27H,1,13,15-17,19-20H2,2-3H3/t23-,24-,27?/m0/s1. The number of ether oxygens (including phenoxy) is 2. The first-order chi connectivity index (χ1) is 16.6. The van der Waals surface area contributed by atoms with Gasteiger partial charge in [-0.05, 0) is 66.6 Å². The van der Waals surface area contributed by atoms with E-state index >= 15 is 0 Å². The molecule has 0 aliphatic carbocycles. The number of pyridine rings is 1. The van der Waals surface area contributed by atoms with Crippen LogP contribution < -0.4 is 4.74 Å². The number of likely N-dealkylation sites (tertiary alicyclic amines) is 1. The number of carbonyl (C=O) groups excluding carboxylic acids is 1. The van der Waals surface area contributed by atoms with E-state index in [0.29, 0.717) is 18.3 Å². The molecule has 1 aliphatic rings. The van der Waals surface area contributed by atoms with Crippen molar-refractivity contribution in [2.24, 2.45) is 11.8 Å². The summed E-state index contributed by atoms with van der Waals surface area (Å²) in [5, 5.41) is 1.04. The highest BCUT2D eigenvalue weighted by Gasteiger charge is 2.30. The summed E-state index contributed by atoms with van der Waals surface area (Å²) in [6, 6.07) is 18.5. The van der Waals surface area contributed by atoms with Gasteiger partial charge in [-0.15, -0.1) is 6.58 Å². The molecule has 1 aromatic heterocycles. The molecule has 5 nitrogen and oxygen atoms in total. The Morgan fingerprint density at radius 3 is 2.79 bits per heavy atom. The molecule has 3 aromatic rings. The third-order valence-electron chi connectivity index (χ3n) is 6.83. The van der Waals surface area contributed by atoms with Crippen LogP contribution in [0.1, 0.15) is 30.9 Å². The molecule has 0 N–H and O–H groups in total. The summed E-state index contributed by atoms with van der Waals surface area (Å²) in [5.41, 5.74) is 3.37. The molecule has 2 aromatic carbocycles. The van der Waals surface area contributed by atoms with Crippen molar-refractivity contribution in [2.75, 3.05) is 20.2 Å². The number of nitrogens with zero attached hydrogens (tertiary/aromatic N) is 2. The van der Waals surface area contributed by atoms with Crippen LogP contribution in [-0.2, 0) is 22.5 Å². The predicted octanol–water partition coefficient (Wildman–Crippen LogP) is 5.43. The monoisotopic (exact) mass is 458 g/mol. The zero-order valence-electron chi connectivity index (χ0n) is 20.2. The highest BCUT2D eigenvalue weighted by atomic mass is 16.5. The molecule has 4 rings (SSSR count). The fraction of sp³-hybridized carbons (Fsp3) is 0.379. The number of carbonyl (C=O) groups is 1. The molecule has 34 heavy (non-hydrogen) atoms. The Balaban J connectivity index is 1.48. The number of rotatable bonds is 9. The molecule has 2 heterocycles. The molecular formula is C29H34N2O3. The lowest BCUT2D eigenvalue weighted by Crippen LogP contribution is -2.40. The topological polar surface area (TPSA) is 51.7 Å². The zero-order chi connectivity index (χ0) is 23.9. The van der Waals surface area contributed by atoms with Gasteiger partial charge in [-0.1, -0.05) is 36.4 Å². The van der Waals surface area contributed by atoms with Crippen molar-refractivity contribution < 1.29 is 14.3 Å². The maximum absolute atomic E-state index is 12.0. The van der Waals surface area contributed by atoms with Gasteiger partial charge in [0, 0.05) is 38.0 Å². The fourth-order valence-corrected chi connectivity index (χ4v) is 5.12. The number of esters is 1. The second-order valence-electron chi connectivity index (χ2n) is 9.19. The molecule has 0 radical (unpaired) electrons. The lowest BCUT2D eigenvalue weighted by atomic mass is 9.80. The van der Waals surface area contributed by atoms with Crippen LogP contribution in [0.4, 0.5) is 0 Å². The van der Waals surface area contributed by atoms with E-state index in [0.717, 1.165) is 54.7 Å². The molecular weight excluding hydrogens is 424 g/mol. The Bertz CT molecular complexity index is 1110. The van der Waals surface area contributed by atoms with Gasteiger partial charge < -0.3 is 9.47 Å². The van der Waals surface area contributed by atoms with Gasteiger partial charge in [-0.2, -0.15) is 0 Å². The van der Waals surface area contributed by atoms with E-state index in [2.05, 4.69) is 52.9 Å². The smallest absolute Gasteiger partial charge is 0.302 e. The van der Waals surface area contributed by atoms with Gasteiger partial charge in [-0.25, -0.2) is 0 Å². The van der Waals surface area contributed by atoms with Crippen molar-refractivity contribution in [1.29, 1.82) is 0 Å². The van der Waals surface area contributed by atoms with Crippen molar-refractivity contribution in [3.63, 3.8) is 0 Å². The van der Waals surface area contributed by atoms with Crippen molar-refractivity contribution >= 4 is 16.9 Å². The van der Waals surface area contributed by atoms with E-state index < -0.39 is 0 Å². The van der Waals surface area contributed by atoms with Crippen LogP contribution in [0.15, 0.2) is 73.4 Å². The number of benzene rings is 2. The third-order valence-corrected chi connectivity index (χ3v) is 6.83. The Morgan fingerprint density at radius 1 is 1.24 bits per heavy atom. The highest BCUT2D eigenvalue weighted by molar-refractivity contribution is 5.83. The van der Waals surface area contributed by atoms with Crippen LogP contribution in [0, 0.1) is 11.8 Å². The van der Waals surface area contributed by atoms with Gasteiger partial charge in [0.2, 0.25) is 0 Å². The van der Waals surface area contributed by atoms with Crippen LogP contribution in [-0.4, -0.2) is 42.2 Å². The first-order valence-electron chi connectivity index (χ1n) is 12.0. The van der Waals surface area contributed by atoms with E-state index in [1.807, 2.05) is 30.5 Å². The molecule has 178 valence electrons. The van der Waals surface area contributed by atoms with Crippen molar-refractivity contribution in [2.45, 2.75) is 38.8 Å². The summed E-state index contributed by atoms with van der Waals surface area (Å²) < 4.78 is 11.3. The number of hydrogen-bond acceptors (Lipinski definition) is 5. The van der Waals surface area contributed by atoms with E-state index in [4.69, 9.17) is 9.47 Å². The van der Waals surface area contributed by atoms with E-state index in [-0.39, 0.29) is 12.1 Å². The van der Waals surface area contributed by atoms with Crippen molar-refractivity contribution in [3.05, 3.63) is 84.6 Å². The van der Waals surface area contributed by atoms with Gasteiger partial charge >= 0.3 is 5.97 Å². The van der Waals surface area contributed by atoms with Crippen LogP contribution >= 0.6 is 0 Å². The van der Waals surface area contributed by atoms with E-state index in [9.17, 15) is 4.79 Å². The van der Waals surface area contributed by atoms with Gasteiger partial charge in [-0.3, -0.25) is 14.7 Å². The third kappa shape index (κ3) is 6.03. The SMILES string of the molecule is C=C[C@H]1CN(Cc2ccccc2)CC[C@H]1CC(Cc1ccnc2ccc(OC)cc12)OC(C)=O. The predicted molar refractivity (Wildman–Crippen MR) is 136 cm³/mol. The number of piperidine rings is 1. The van der Waals surface area contributed by atoms with Crippen molar-refractivity contribution in [3.8, 4) is 5.75 Å². The summed E-state index contributed by atoms with van der Waals surface area (Å²) in [7, 11) is 1.67. The minimum Gasteiger partial charge on any atom is -0.497 e. The van der Waals surface area contributed by atoms with Crippen LogP contribution in [0.3, 0.4) is 0 Å². The summed E-state index contributed by atoms with van der Waals surface area (Å²) in [4.78, 5) is 19.0. The Labute approximate surface area is 202 Å². The van der Waals surface area contributed by atoms with Gasteiger partial charge in [0.25, 0.3) is 0 Å². The molecule has 1 saturated heterocycles. The van der Waals surface area contributed by atoms with Gasteiger partial charge in [0.05, 0.1) is 12.6 Å². The maximum Gasteiger partial charge on any atom is 0.302 e. The lowest BCUT2D eigenvalue weighted by molar-refractivity contribution is -0.147. The molecule has 0 amide bonds. The minimum atomic E-state index is -0.238. The summed E-state index contributed by atoms with van der Waals surface area (Å²) >= 11 is 0. The van der Waals surface area contributed by atoms with Crippen molar-refractivity contribution in [1.82, 2.24) is 9.88 Å². The Kier molecular flexibility index (Phi) is 7.96. The van der Waals surface area contributed by atoms with Crippen LogP contribution in [0.5, 0.6) is 5.75 Å². The summed E-state index contributed by atoms with van der Waals surface area (Å²) in [5.74, 6) is 1.35. The molecule has 1 aliphatic heterocycles. The Hall–Kier alpha value is -3.18. The fourth-order valence-electron chi connectivity index (χ4n) is 5.12. The maximum atomic E-state index is 12.0. The molecule has 3 atom stereocenters. The van der Waals surface area contributed by atoms with E-state index in [1.54, 1.807) is 7.11 Å². The minimum absolute atomic E-state index is 0.192. The average molecular weight is 459 g/mol. The summed E-state index contributed by atoms with van der Waals surface area (Å²) in [6.07, 6.45) is 6.25. The molecule has 0 bridgehead atoms. The number of aromatic nitrogens is 1. The number of fused-ring (bicyclic) bond motifs is 1. The first-order valence-corrected chi connectivity index (χ1v) is 12.0.